The Labute approximate surface area is 117 Å². The van der Waals surface area contributed by atoms with E-state index in [2.05, 4.69) is 0 Å². The lowest BCUT2D eigenvalue weighted by Gasteiger charge is -2.09. The first-order valence-electron chi connectivity index (χ1n) is 6.43. The summed E-state index contributed by atoms with van der Waals surface area (Å²) in [5.41, 5.74) is 2.06. The number of phenolic OH excluding ortho intramolecular Hbond substituents is 1. The van der Waals surface area contributed by atoms with Crippen molar-refractivity contribution in [2.75, 3.05) is 0 Å². The molecule has 3 nitrogen and oxygen atoms in total. The molecule has 0 spiro atoms. The lowest BCUT2D eigenvalue weighted by atomic mass is 10.2. The topological polar surface area (TPSA) is 34.4 Å². The van der Waals surface area contributed by atoms with Crippen molar-refractivity contribution >= 4 is 0 Å². The van der Waals surface area contributed by atoms with E-state index < -0.39 is 0 Å². The monoisotopic (exact) mass is 265 g/mol. The normalized spacial score (nSPS) is 10.4. The van der Waals surface area contributed by atoms with Gasteiger partial charge in [-0.3, -0.25) is 0 Å². The minimum Gasteiger partial charge on any atom is -0.504 e. The molecule has 100 valence electrons. The Balaban J connectivity index is 1.81. The van der Waals surface area contributed by atoms with Crippen molar-refractivity contribution in [1.82, 2.24) is 4.57 Å². The molecule has 0 fully saturated rings. The van der Waals surface area contributed by atoms with Crippen LogP contribution in [0, 0.1) is 6.92 Å². The third-order valence-corrected chi connectivity index (χ3v) is 3.08. The number of phenols is 1. The Hall–Kier alpha value is -2.68. The van der Waals surface area contributed by atoms with Crippen LogP contribution in [0.15, 0.2) is 67.0 Å². The zero-order valence-corrected chi connectivity index (χ0v) is 11.2. The van der Waals surface area contributed by atoms with Crippen molar-refractivity contribution in [2.24, 2.45) is 0 Å². The predicted molar refractivity (Wildman–Crippen MR) is 78.7 cm³/mol. The van der Waals surface area contributed by atoms with E-state index in [1.54, 1.807) is 12.1 Å². The van der Waals surface area contributed by atoms with Crippen molar-refractivity contribution < 1.29 is 9.84 Å². The smallest absolute Gasteiger partial charge is 0.169 e. The van der Waals surface area contributed by atoms with Gasteiger partial charge in [0.2, 0.25) is 0 Å². The highest BCUT2D eigenvalue weighted by Gasteiger charge is 2.04. The molecule has 2 aromatic carbocycles. The van der Waals surface area contributed by atoms with Crippen LogP contribution in [0.5, 0.6) is 17.2 Å². The van der Waals surface area contributed by atoms with Crippen LogP contribution in [-0.4, -0.2) is 9.67 Å². The van der Waals surface area contributed by atoms with Crippen molar-refractivity contribution in [3.63, 3.8) is 0 Å². The minimum atomic E-state index is 0.152. The molecule has 0 bridgehead atoms. The largest absolute Gasteiger partial charge is 0.504 e. The molecular formula is C17H15NO2. The summed E-state index contributed by atoms with van der Waals surface area (Å²) in [5, 5.41) is 9.83. The van der Waals surface area contributed by atoms with Crippen molar-refractivity contribution in [3.8, 4) is 22.9 Å². The van der Waals surface area contributed by atoms with Gasteiger partial charge in [-0.2, -0.15) is 0 Å². The van der Waals surface area contributed by atoms with E-state index >= 15 is 0 Å². The summed E-state index contributed by atoms with van der Waals surface area (Å²) in [4.78, 5) is 0. The van der Waals surface area contributed by atoms with Crippen LogP contribution in [0.25, 0.3) is 5.69 Å². The number of ether oxygens (including phenoxy) is 1. The molecule has 0 aliphatic heterocycles. The Bertz CT molecular complexity index is 700. The van der Waals surface area contributed by atoms with Gasteiger partial charge in [0.25, 0.3) is 0 Å². The highest BCUT2D eigenvalue weighted by Crippen LogP contribution is 2.31. The summed E-state index contributed by atoms with van der Waals surface area (Å²) in [6, 6.07) is 17.0. The summed E-state index contributed by atoms with van der Waals surface area (Å²) in [6.07, 6.45) is 3.98. The number of rotatable bonds is 3. The third kappa shape index (κ3) is 2.52. The van der Waals surface area contributed by atoms with Gasteiger partial charge < -0.3 is 14.4 Å². The summed E-state index contributed by atoms with van der Waals surface area (Å²) in [5.74, 6) is 1.31. The molecule has 0 unspecified atom stereocenters. The predicted octanol–water partition coefficient (Wildman–Crippen LogP) is 4.28. The lowest BCUT2D eigenvalue weighted by Crippen LogP contribution is -1.90. The molecule has 20 heavy (non-hydrogen) atoms. The van der Waals surface area contributed by atoms with E-state index in [0.29, 0.717) is 11.5 Å². The van der Waals surface area contributed by atoms with E-state index in [1.807, 2.05) is 66.3 Å². The molecule has 1 N–H and O–H groups in total. The molecule has 0 amide bonds. The Kier molecular flexibility index (Phi) is 3.17. The summed E-state index contributed by atoms with van der Waals surface area (Å²) in [6.45, 7) is 1.93. The van der Waals surface area contributed by atoms with E-state index in [0.717, 1.165) is 11.3 Å². The number of hydrogen-bond acceptors (Lipinski definition) is 2. The second-order valence-corrected chi connectivity index (χ2v) is 4.66. The van der Waals surface area contributed by atoms with E-state index in [9.17, 15) is 5.11 Å². The minimum absolute atomic E-state index is 0.152. The first-order valence-corrected chi connectivity index (χ1v) is 6.43. The van der Waals surface area contributed by atoms with Crippen LogP contribution in [0.3, 0.4) is 0 Å². The van der Waals surface area contributed by atoms with Gasteiger partial charge in [-0.1, -0.05) is 6.07 Å². The van der Waals surface area contributed by atoms with Gasteiger partial charge in [0.05, 0.1) is 0 Å². The third-order valence-electron chi connectivity index (χ3n) is 3.08. The van der Waals surface area contributed by atoms with Crippen LogP contribution >= 0.6 is 0 Å². The molecular weight excluding hydrogens is 250 g/mol. The highest BCUT2D eigenvalue weighted by molar-refractivity contribution is 5.45. The van der Waals surface area contributed by atoms with Crippen LogP contribution in [0.4, 0.5) is 0 Å². The number of benzene rings is 2. The van der Waals surface area contributed by atoms with Crippen LogP contribution in [0.2, 0.25) is 0 Å². The second kappa shape index (κ2) is 5.13. The number of nitrogens with zero attached hydrogens (tertiary/aromatic N) is 1. The first kappa shape index (κ1) is 12.4. The van der Waals surface area contributed by atoms with Gasteiger partial charge in [-0.25, -0.2) is 0 Å². The quantitative estimate of drug-likeness (QED) is 0.766. The Morgan fingerprint density at radius 3 is 2.30 bits per heavy atom. The van der Waals surface area contributed by atoms with Gasteiger partial charge >= 0.3 is 0 Å². The maximum Gasteiger partial charge on any atom is 0.169 e. The molecule has 0 aliphatic rings. The molecule has 0 aliphatic carbocycles. The molecule has 3 aromatic rings. The highest BCUT2D eigenvalue weighted by atomic mass is 16.5. The average molecular weight is 265 g/mol. The number of hydrogen-bond donors (Lipinski definition) is 1. The zero-order valence-electron chi connectivity index (χ0n) is 11.2. The van der Waals surface area contributed by atoms with Gasteiger partial charge in [0, 0.05) is 18.1 Å². The van der Waals surface area contributed by atoms with Gasteiger partial charge in [0.1, 0.15) is 5.75 Å². The number of aryl methyl sites for hydroxylation is 1. The summed E-state index contributed by atoms with van der Waals surface area (Å²) < 4.78 is 7.70. The maximum absolute atomic E-state index is 9.83. The van der Waals surface area contributed by atoms with E-state index in [-0.39, 0.29) is 5.75 Å². The average Bonchev–Trinajstić information content (AvgIpc) is 2.97. The Morgan fingerprint density at radius 1 is 0.950 bits per heavy atom. The molecule has 1 heterocycles. The molecule has 3 heteroatoms. The molecule has 0 saturated carbocycles. The molecule has 3 rings (SSSR count). The van der Waals surface area contributed by atoms with Gasteiger partial charge in [-0.15, -0.1) is 0 Å². The molecule has 0 atom stereocenters. The number of aromatic nitrogens is 1. The van der Waals surface area contributed by atoms with E-state index in [4.69, 9.17) is 4.74 Å². The van der Waals surface area contributed by atoms with Crippen molar-refractivity contribution in [2.45, 2.75) is 6.92 Å². The van der Waals surface area contributed by atoms with Crippen molar-refractivity contribution in [1.29, 1.82) is 0 Å². The summed E-state index contributed by atoms with van der Waals surface area (Å²) >= 11 is 0. The standard InChI is InChI=1S/C17H15NO2/c1-13-4-9-17(16(19)12-13)20-15-7-5-14(6-8-15)18-10-2-3-11-18/h2-12,19H,1H3. The van der Waals surface area contributed by atoms with Crippen molar-refractivity contribution in [3.05, 3.63) is 72.6 Å². The van der Waals surface area contributed by atoms with Gasteiger partial charge in [0.15, 0.2) is 11.5 Å². The van der Waals surface area contributed by atoms with E-state index in [1.165, 1.54) is 0 Å². The SMILES string of the molecule is Cc1ccc(Oc2ccc(-n3cccc3)cc2)c(O)c1. The summed E-state index contributed by atoms with van der Waals surface area (Å²) in [7, 11) is 0. The molecule has 0 radical (unpaired) electrons. The maximum atomic E-state index is 9.83. The Morgan fingerprint density at radius 2 is 1.65 bits per heavy atom. The fraction of sp³-hybridized carbons (Fsp3) is 0.0588. The first-order chi connectivity index (χ1) is 9.72. The van der Waals surface area contributed by atoms with Gasteiger partial charge in [-0.05, 0) is 61.0 Å². The van der Waals surface area contributed by atoms with Crippen LogP contribution in [-0.2, 0) is 0 Å². The number of aromatic hydroxyl groups is 1. The molecule has 1 aromatic heterocycles. The lowest BCUT2D eigenvalue weighted by molar-refractivity contribution is 0.411. The second-order valence-electron chi connectivity index (χ2n) is 4.66. The van der Waals surface area contributed by atoms with Crippen LogP contribution < -0.4 is 4.74 Å². The molecule has 0 saturated heterocycles. The fourth-order valence-electron chi connectivity index (χ4n) is 2.03. The van der Waals surface area contributed by atoms with Crippen LogP contribution in [0.1, 0.15) is 5.56 Å². The zero-order chi connectivity index (χ0) is 13.9. The fourth-order valence-corrected chi connectivity index (χ4v) is 2.03.